The molecule has 0 aliphatic carbocycles. The number of thioether (sulfide) groups is 1. The highest BCUT2D eigenvalue weighted by Crippen LogP contribution is 2.45. The average molecular weight is 389 g/mol. The Morgan fingerprint density at radius 2 is 2.04 bits per heavy atom. The maximum absolute atomic E-state index is 12.6. The van der Waals surface area contributed by atoms with E-state index in [1.807, 2.05) is 6.92 Å². The van der Waals surface area contributed by atoms with Crippen LogP contribution in [0.4, 0.5) is 10.5 Å². The van der Waals surface area contributed by atoms with Crippen molar-refractivity contribution in [3.8, 4) is 5.75 Å². The molecule has 27 heavy (non-hydrogen) atoms. The third-order valence-electron chi connectivity index (χ3n) is 5.59. The average Bonchev–Trinajstić information content (AvgIpc) is 2.87. The number of anilines is 1. The van der Waals surface area contributed by atoms with Gasteiger partial charge in [0, 0.05) is 36.4 Å². The summed E-state index contributed by atoms with van der Waals surface area (Å²) in [6.45, 7) is 9.14. The van der Waals surface area contributed by atoms with E-state index in [4.69, 9.17) is 4.74 Å². The third-order valence-corrected chi connectivity index (χ3v) is 6.50. The monoisotopic (exact) mass is 388 g/mol. The Morgan fingerprint density at radius 1 is 1.33 bits per heavy atom. The number of rotatable bonds is 4. The largest absolute Gasteiger partial charge is 0.496 e. The highest BCUT2D eigenvalue weighted by molar-refractivity contribution is 8.18. The predicted octanol–water partition coefficient (Wildman–Crippen LogP) is 4.86. The first kappa shape index (κ1) is 19.8. The van der Waals surface area contributed by atoms with Crippen LogP contribution < -0.4 is 9.64 Å². The van der Waals surface area contributed by atoms with Gasteiger partial charge in [0.05, 0.1) is 12.0 Å². The summed E-state index contributed by atoms with van der Waals surface area (Å²) >= 11 is 1.01. The quantitative estimate of drug-likeness (QED) is 0.689. The van der Waals surface area contributed by atoms with Crippen molar-refractivity contribution in [3.05, 3.63) is 28.2 Å². The SMILES string of the molecule is CCCN1C(=O)S/C(=C/c2cc3c(cc2OC)N(C)C(C)(C)CC3C)C1=O. The van der Waals surface area contributed by atoms with Gasteiger partial charge >= 0.3 is 0 Å². The third kappa shape index (κ3) is 3.47. The maximum Gasteiger partial charge on any atom is 0.293 e. The van der Waals surface area contributed by atoms with Crippen LogP contribution in [0.5, 0.6) is 5.75 Å². The van der Waals surface area contributed by atoms with Crippen molar-refractivity contribution in [2.45, 2.75) is 52.0 Å². The van der Waals surface area contributed by atoms with Crippen molar-refractivity contribution >= 4 is 34.7 Å². The summed E-state index contributed by atoms with van der Waals surface area (Å²) in [6, 6.07) is 4.16. The highest BCUT2D eigenvalue weighted by atomic mass is 32.2. The van der Waals surface area contributed by atoms with Crippen molar-refractivity contribution in [1.82, 2.24) is 4.90 Å². The Labute approximate surface area is 165 Å². The zero-order valence-corrected chi connectivity index (χ0v) is 17.8. The molecule has 146 valence electrons. The number of methoxy groups -OCH3 is 1. The number of nitrogens with zero attached hydrogens (tertiary/aromatic N) is 2. The van der Waals surface area contributed by atoms with Crippen LogP contribution in [-0.4, -0.2) is 42.3 Å². The first-order valence-electron chi connectivity index (χ1n) is 9.40. The van der Waals surface area contributed by atoms with Crippen LogP contribution in [-0.2, 0) is 4.79 Å². The van der Waals surface area contributed by atoms with E-state index >= 15 is 0 Å². The number of amides is 2. The van der Waals surface area contributed by atoms with E-state index in [1.54, 1.807) is 13.2 Å². The van der Waals surface area contributed by atoms with Gasteiger partial charge in [-0.05, 0) is 62.1 Å². The molecule has 2 aliphatic heterocycles. The zero-order chi connectivity index (χ0) is 19.9. The number of imide groups is 1. The van der Waals surface area contributed by atoms with Gasteiger partial charge in [-0.1, -0.05) is 13.8 Å². The number of benzene rings is 1. The number of ether oxygens (including phenoxy) is 1. The second kappa shape index (κ2) is 7.23. The van der Waals surface area contributed by atoms with E-state index in [0.29, 0.717) is 23.1 Å². The summed E-state index contributed by atoms with van der Waals surface area (Å²) in [4.78, 5) is 28.8. The van der Waals surface area contributed by atoms with Crippen molar-refractivity contribution in [2.75, 3.05) is 25.6 Å². The second-order valence-corrected chi connectivity index (χ2v) is 8.96. The van der Waals surface area contributed by atoms with Gasteiger partial charge in [0.2, 0.25) is 0 Å². The molecule has 1 aromatic carbocycles. The van der Waals surface area contributed by atoms with Crippen LogP contribution in [0.25, 0.3) is 6.08 Å². The lowest BCUT2D eigenvalue weighted by atomic mass is 9.80. The lowest BCUT2D eigenvalue weighted by Gasteiger charge is -2.45. The Bertz CT molecular complexity index is 816. The van der Waals surface area contributed by atoms with Crippen LogP contribution in [0.1, 0.15) is 57.6 Å². The van der Waals surface area contributed by atoms with Crippen LogP contribution in [0.2, 0.25) is 0 Å². The van der Waals surface area contributed by atoms with E-state index in [-0.39, 0.29) is 16.7 Å². The standard InChI is InChI=1S/C21H28N2O3S/c1-7-8-23-19(24)18(27-20(23)25)10-14-9-15-13(2)12-21(3,4)22(5)16(15)11-17(14)26-6/h9-11,13H,7-8,12H2,1-6H3/b18-10+. The molecule has 1 saturated heterocycles. The minimum atomic E-state index is -0.210. The zero-order valence-electron chi connectivity index (χ0n) is 17.0. The minimum absolute atomic E-state index is 0.0712. The lowest BCUT2D eigenvalue weighted by Crippen LogP contribution is -2.45. The Balaban J connectivity index is 2.04. The molecule has 1 aromatic rings. The van der Waals surface area contributed by atoms with E-state index in [0.717, 1.165) is 35.9 Å². The summed E-state index contributed by atoms with van der Waals surface area (Å²) in [5.74, 6) is 0.908. The molecule has 0 radical (unpaired) electrons. The topological polar surface area (TPSA) is 49.9 Å². The molecule has 0 bridgehead atoms. The van der Waals surface area contributed by atoms with Crippen molar-refractivity contribution in [3.63, 3.8) is 0 Å². The maximum atomic E-state index is 12.6. The van der Waals surface area contributed by atoms with Gasteiger partial charge in [0.25, 0.3) is 11.1 Å². The summed E-state index contributed by atoms with van der Waals surface area (Å²) in [5.41, 5.74) is 3.32. The molecular weight excluding hydrogens is 360 g/mol. The molecule has 3 rings (SSSR count). The molecule has 1 atom stereocenters. The Morgan fingerprint density at radius 3 is 2.67 bits per heavy atom. The van der Waals surface area contributed by atoms with Crippen LogP contribution in [0.3, 0.4) is 0 Å². The number of carbonyl (C=O) groups is 2. The van der Waals surface area contributed by atoms with E-state index in [9.17, 15) is 9.59 Å². The normalized spacial score (nSPS) is 23.2. The smallest absolute Gasteiger partial charge is 0.293 e. The van der Waals surface area contributed by atoms with Crippen LogP contribution >= 0.6 is 11.8 Å². The van der Waals surface area contributed by atoms with E-state index in [2.05, 4.69) is 44.9 Å². The molecule has 5 nitrogen and oxygen atoms in total. The molecule has 0 N–H and O–H groups in total. The molecule has 2 aliphatic rings. The first-order valence-corrected chi connectivity index (χ1v) is 10.2. The molecule has 1 unspecified atom stereocenters. The van der Waals surface area contributed by atoms with E-state index in [1.165, 1.54) is 10.5 Å². The second-order valence-electron chi connectivity index (χ2n) is 7.96. The summed E-state index contributed by atoms with van der Waals surface area (Å²) in [5, 5.41) is -0.195. The van der Waals surface area contributed by atoms with Gasteiger partial charge in [-0.15, -0.1) is 0 Å². The van der Waals surface area contributed by atoms with Crippen LogP contribution in [0.15, 0.2) is 17.0 Å². The summed E-state index contributed by atoms with van der Waals surface area (Å²) < 4.78 is 5.62. The van der Waals surface area contributed by atoms with Gasteiger partial charge in [-0.3, -0.25) is 14.5 Å². The Kier molecular flexibility index (Phi) is 5.30. The van der Waals surface area contributed by atoms with Gasteiger partial charge in [-0.2, -0.15) is 0 Å². The number of hydrogen-bond acceptors (Lipinski definition) is 5. The van der Waals surface area contributed by atoms with Crippen LogP contribution in [0, 0.1) is 0 Å². The summed E-state index contributed by atoms with van der Waals surface area (Å²) in [6.07, 6.45) is 3.61. The molecular formula is C21H28N2O3S. The molecule has 0 spiro atoms. The van der Waals surface area contributed by atoms with Crippen molar-refractivity contribution < 1.29 is 14.3 Å². The van der Waals surface area contributed by atoms with Gasteiger partial charge in [0.1, 0.15) is 5.75 Å². The first-order chi connectivity index (χ1) is 12.7. The molecule has 6 heteroatoms. The fraction of sp³-hybridized carbons (Fsp3) is 0.524. The van der Waals surface area contributed by atoms with Gasteiger partial charge in [0.15, 0.2) is 0 Å². The minimum Gasteiger partial charge on any atom is -0.496 e. The molecule has 0 aromatic heterocycles. The number of carbonyl (C=O) groups excluding carboxylic acids is 2. The Hall–Kier alpha value is -1.95. The van der Waals surface area contributed by atoms with Gasteiger partial charge < -0.3 is 9.64 Å². The fourth-order valence-electron chi connectivity index (χ4n) is 3.96. The van der Waals surface area contributed by atoms with Crippen molar-refractivity contribution in [1.29, 1.82) is 0 Å². The predicted molar refractivity (Wildman–Crippen MR) is 111 cm³/mol. The molecule has 2 amide bonds. The fourth-order valence-corrected chi connectivity index (χ4v) is 4.81. The number of hydrogen-bond donors (Lipinski definition) is 0. The molecule has 1 fully saturated rings. The van der Waals surface area contributed by atoms with Crippen molar-refractivity contribution in [2.24, 2.45) is 0 Å². The van der Waals surface area contributed by atoms with Gasteiger partial charge in [-0.25, -0.2) is 0 Å². The summed E-state index contributed by atoms with van der Waals surface area (Å²) in [7, 11) is 3.75. The lowest BCUT2D eigenvalue weighted by molar-refractivity contribution is -0.122. The van der Waals surface area contributed by atoms with E-state index < -0.39 is 0 Å². The molecule has 2 heterocycles. The number of fused-ring (bicyclic) bond motifs is 1. The molecule has 0 saturated carbocycles. The highest BCUT2D eigenvalue weighted by Gasteiger charge is 2.36.